The molecule has 0 aliphatic rings. The summed E-state index contributed by atoms with van der Waals surface area (Å²) in [6.45, 7) is 7.76. The summed E-state index contributed by atoms with van der Waals surface area (Å²) < 4.78 is 15.0. The van der Waals surface area contributed by atoms with E-state index in [1.165, 1.54) is 10.8 Å². The fraction of sp³-hybridized carbons (Fsp3) is 0. The van der Waals surface area contributed by atoms with Gasteiger partial charge in [-0.2, -0.15) is 0 Å². The number of nitrogens with zero attached hydrogens (tertiary/aromatic N) is 2. The lowest BCUT2D eigenvalue weighted by Gasteiger charge is -2.15. The molecule has 0 atom stereocenters. The fourth-order valence-electron chi connectivity index (χ4n) is 6.41. The van der Waals surface area contributed by atoms with Crippen LogP contribution >= 0.6 is 0 Å². The predicted octanol–water partition coefficient (Wildman–Crippen LogP) is 10.8. The van der Waals surface area contributed by atoms with Gasteiger partial charge in [0.05, 0.1) is 28.7 Å². The summed E-state index contributed by atoms with van der Waals surface area (Å²) in [5.74, 6) is 0. The second kappa shape index (κ2) is 8.11. The smallest absolute Gasteiger partial charge is 0.188 e. The van der Waals surface area contributed by atoms with Crippen LogP contribution in [-0.2, 0) is 0 Å². The number of aromatic nitrogens is 1. The van der Waals surface area contributed by atoms with E-state index >= 15 is 0 Å². The third kappa shape index (κ3) is 3.03. The fourth-order valence-corrected chi connectivity index (χ4v) is 6.41. The number of furan rings is 2. The molecule has 0 fully saturated rings. The van der Waals surface area contributed by atoms with Gasteiger partial charge in [0.1, 0.15) is 22.3 Å². The lowest BCUT2D eigenvalue weighted by atomic mass is 9.99. The minimum absolute atomic E-state index is 0.598. The Morgan fingerprint density at radius 1 is 0.537 bits per heavy atom. The van der Waals surface area contributed by atoms with Gasteiger partial charge in [0.25, 0.3) is 0 Å². The van der Waals surface area contributed by atoms with Crippen LogP contribution in [-0.4, -0.2) is 4.57 Å². The third-order valence-electron chi connectivity index (χ3n) is 8.22. The standard InChI is InChI=1S/C37H20N2O2/c1-38-23-15-17-32(39-30-11-5-2-8-24(30)25-9-3-6-12-31(25)39)28(21-23)22-14-18-34-29(20-22)36-35(40-34)19-16-27-26-10-4-7-13-33(26)41-37(27)36/h2-21H. The van der Waals surface area contributed by atoms with Gasteiger partial charge in [-0.3, -0.25) is 0 Å². The van der Waals surface area contributed by atoms with Crippen LogP contribution in [0.5, 0.6) is 0 Å². The molecule has 0 aliphatic heterocycles. The molecule has 0 amide bonds. The van der Waals surface area contributed by atoms with Crippen molar-refractivity contribution in [3.05, 3.63) is 133 Å². The van der Waals surface area contributed by atoms with E-state index in [2.05, 4.69) is 88.3 Å². The Balaban J connectivity index is 1.37. The maximum absolute atomic E-state index is 7.76. The highest BCUT2D eigenvalue weighted by atomic mass is 16.3. The largest absolute Gasteiger partial charge is 0.456 e. The van der Waals surface area contributed by atoms with Crippen LogP contribution in [0.4, 0.5) is 5.69 Å². The summed E-state index contributed by atoms with van der Waals surface area (Å²) in [6.07, 6.45) is 0. The van der Waals surface area contributed by atoms with Gasteiger partial charge in [0.2, 0.25) is 0 Å². The first-order chi connectivity index (χ1) is 20.3. The normalized spacial score (nSPS) is 11.9. The van der Waals surface area contributed by atoms with Crippen molar-refractivity contribution >= 4 is 71.4 Å². The molecule has 9 aromatic rings. The van der Waals surface area contributed by atoms with Gasteiger partial charge >= 0.3 is 0 Å². The molecule has 0 saturated carbocycles. The minimum atomic E-state index is 0.598. The van der Waals surface area contributed by atoms with Gasteiger partial charge in [-0.15, -0.1) is 0 Å². The van der Waals surface area contributed by atoms with Gasteiger partial charge in [0, 0.05) is 26.9 Å². The Morgan fingerprint density at radius 2 is 1.22 bits per heavy atom. The Kier molecular flexibility index (Phi) is 4.37. The van der Waals surface area contributed by atoms with E-state index in [0.29, 0.717) is 5.69 Å². The molecule has 3 heterocycles. The third-order valence-corrected chi connectivity index (χ3v) is 8.22. The Morgan fingerprint density at radius 3 is 2.00 bits per heavy atom. The van der Waals surface area contributed by atoms with Crippen LogP contribution in [0.1, 0.15) is 0 Å². The summed E-state index contributed by atoms with van der Waals surface area (Å²) in [7, 11) is 0. The molecule has 4 nitrogen and oxygen atoms in total. The number of hydrogen-bond donors (Lipinski definition) is 0. The number of benzene rings is 6. The van der Waals surface area contributed by atoms with Crippen molar-refractivity contribution in [1.82, 2.24) is 4.57 Å². The van der Waals surface area contributed by atoms with E-state index in [0.717, 1.165) is 71.7 Å². The highest BCUT2D eigenvalue weighted by Gasteiger charge is 2.19. The summed E-state index contributed by atoms with van der Waals surface area (Å²) in [5, 5.41) is 6.52. The lowest BCUT2D eigenvalue weighted by Crippen LogP contribution is -1.97. The lowest BCUT2D eigenvalue weighted by molar-refractivity contribution is 0.663. The van der Waals surface area contributed by atoms with E-state index in [1.54, 1.807) is 0 Å². The second-order valence-electron chi connectivity index (χ2n) is 10.4. The molecule has 41 heavy (non-hydrogen) atoms. The molecule has 6 aromatic carbocycles. The van der Waals surface area contributed by atoms with E-state index < -0.39 is 0 Å². The molecule has 0 spiro atoms. The molecule has 0 aliphatic carbocycles. The predicted molar refractivity (Wildman–Crippen MR) is 167 cm³/mol. The van der Waals surface area contributed by atoms with Crippen molar-refractivity contribution in [3.8, 4) is 16.8 Å². The summed E-state index contributed by atoms with van der Waals surface area (Å²) in [4.78, 5) is 3.78. The number of hydrogen-bond acceptors (Lipinski definition) is 2. The molecule has 3 aromatic heterocycles. The summed E-state index contributed by atoms with van der Waals surface area (Å²) in [5.41, 5.74) is 9.16. The zero-order chi connectivity index (χ0) is 27.1. The molecule has 0 N–H and O–H groups in total. The van der Waals surface area contributed by atoms with Gasteiger partial charge in [-0.25, -0.2) is 4.85 Å². The van der Waals surface area contributed by atoms with Crippen LogP contribution < -0.4 is 0 Å². The SMILES string of the molecule is [C-]#[N+]c1ccc(-n2c3ccccc3c3ccccc32)c(-c2ccc3oc4ccc5c6ccccc6oc5c4c3c2)c1. The first kappa shape index (κ1) is 22.1. The molecule has 0 radical (unpaired) electrons. The van der Waals surface area contributed by atoms with E-state index in [4.69, 9.17) is 15.4 Å². The molecule has 0 unspecified atom stereocenters. The van der Waals surface area contributed by atoms with Crippen LogP contribution in [0.15, 0.2) is 130 Å². The highest BCUT2D eigenvalue weighted by molar-refractivity contribution is 6.22. The Hall–Kier alpha value is -5.79. The van der Waals surface area contributed by atoms with Crippen molar-refractivity contribution in [2.45, 2.75) is 0 Å². The molecule has 0 saturated heterocycles. The zero-order valence-corrected chi connectivity index (χ0v) is 21.8. The van der Waals surface area contributed by atoms with Gasteiger partial charge in [0.15, 0.2) is 5.69 Å². The molecule has 190 valence electrons. The Labute approximate surface area is 234 Å². The van der Waals surface area contributed by atoms with Gasteiger partial charge in [-0.05, 0) is 65.7 Å². The first-order valence-electron chi connectivity index (χ1n) is 13.6. The molecular weight excluding hydrogens is 504 g/mol. The van der Waals surface area contributed by atoms with Crippen molar-refractivity contribution in [1.29, 1.82) is 0 Å². The number of rotatable bonds is 2. The molecular formula is C37H20N2O2. The Bertz CT molecular complexity index is 2500. The molecule has 4 heteroatoms. The van der Waals surface area contributed by atoms with Crippen LogP contribution in [0.2, 0.25) is 0 Å². The summed E-state index contributed by atoms with van der Waals surface area (Å²) >= 11 is 0. The number of fused-ring (bicyclic) bond motifs is 10. The maximum atomic E-state index is 7.76. The monoisotopic (exact) mass is 524 g/mol. The van der Waals surface area contributed by atoms with Crippen LogP contribution in [0.3, 0.4) is 0 Å². The topological polar surface area (TPSA) is 35.6 Å². The average Bonchev–Trinajstić information content (AvgIpc) is 3.69. The van der Waals surface area contributed by atoms with E-state index in [9.17, 15) is 0 Å². The summed E-state index contributed by atoms with van der Waals surface area (Å²) in [6, 6.07) is 41.5. The average molecular weight is 525 g/mol. The van der Waals surface area contributed by atoms with E-state index in [-0.39, 0.29) is 0 Å². The highest BCUT2D eigenvalue weighted by Crippen LogP contribution is 2.42. The van der Waals surface area contributed by atoms with Crippen LogP contribution in [0.25, 0.3) is 87.3 Å². The quantitative estimate of drug-likeness (QED) is 0.211. The van der Waals surface area contributed by atoms with Crippen LogP contribution in [0, 0.1) is 6.57 Å². The van der Waals surface area contributed by atoms with Crippen molar-refractivity contribution < 1.29 is 8.83 Å². The van der Waals surface area contributed by atoms with Crippen molar-refractivity contribution in [2.24, 2.45) is 0 Å². The molecule has 0 bridgehead atoms. The number of para-hydroxylation sites is 3. The van der Waals surface area contributed by atoms with E-state index in [1.807, 2.05) is 42.5 Å². The molecule has 9 rings (SSSR count). The maximum Gasteiger partial charge on any atom is 0.188 e. The first-order valence-corrected chi connectivity index (χ1v) is 13.6. The second-order valence-corrected chi connectivity index (χ2v) is 10.4. The van der Waals surface area contributed by atoms with Gasteiger partial charge in [-0.1, -0.05) is 66.7 Å². The van der Waals surface area contributed by atoms with Gasteiger partial charge < -0.3 is 13.4 Å². The zero-order valence-electron chi connectivity index (χ0n) is 21.8. The minimum Gasteiger partial charge on any atom is -0.456 e. The van der Waals surface area contributed by atoms with Crippen molar-refractivity contribution in [2.75, 3.05) is 0 Å². The van der Waals surface area contributed by atoms with Crippen molar-refractivity contribution in [3.63, 3.8) is 0 Å².